The normalized spacial score (nSPS) is 12.0. The van der Waals surface area contributed by atoms with E-state index in [4.69, 9.17) is 15.8 Å². The van der Waals surface area contributed by atoms with Gasteiger partial charge in [-0.05, 0) is 77.3 Å². The van der Waals surface area contributed by atoms with Crippen molar-refractivity contribution in [1.29, 1.82) is 0 Å². The quantitative estimate of drug-likeness (QED) is 0.491. The molecule has 31 heavy (non-hydrogen) atoms. The van der Waals surface area contributed by atoms with Gasteiger partial charge in [-0.1, -0.05) is 0 Å². The number of nitrogens with zero attached hydrogens (tertiary/aromatic N) is 5. The number of imidazole rings is 1. The second-order valence-corrected chi connectivity index (χ2v) is 8.36. The van der Waals surface area contributed by atoms with Crippen molar-refractivity contribution >= 4 is 27.8 Å². The zero-order chi connectivity index (χ0) is 22.3. The molecule has 8 heteroatoms. The Bertz CT molecular complexity index is 1270. The number of nitrogens with two attached hydrogens (primary N) is 1. The van der Waals surface area contributed by atoms with Crippen LogP contribution in [0.4, 0.5) is 4.39 Å². The highest BCUT2D eigenvalue weighted by atomic mass is 19.1. The molecule has 1 amide bonds. The number of hydrogen-bond acceptors (Lipinski definition) is 4. The van der Waals surface area contributed by atoms with Gasteiger partial charge in [-0.15, -0.1) is 0 Å². The van der Waals surface area contributed by atoms with Gasteiger partial charge in [-0.25, -0.2) is 9.37 Å². The molecule has 4 aromatic rings. The zero-order valence-electron chi connectivity index (χ0n) is 18.3. The van der Waals surface area contributed by atoms with Crippen LogP contribution in [0.3, 0.4) is 0 Å². The number of aryl methyl sites for hydroxylation is 1. The minimum atomic E-state index is -0.493. The first-order valence-electron chi connectivity index (χ1n) is 10.4. The van der Waals surface area contributed by atoms with Gasteiger partial charge in [0.1, 0.15) is 11.5 Å². The smallest absolute Gasteiger partial charge is 0.248 e. The lowest BCUT2D eigenvalue weighted by molar-refractivity contribution is 0.100. The molecular formula is C23H27FN6O. The van der Waals surface area contributed by atoms with Crippen LogP contribution in [0.25, 0.3) is 33.5 Å². The molecule has 2 aromatic heterocycles. The number of carbonyl (C=O) groups excluding carboxylic acids is 1. The highest BCUT2D eigenvalue weighted by Gasteiger charge is 2.22. The fourth-order valence-electron chi connectivity index (χ4n) is 3.96. The molecule has 0 aliphatic heterocycles. The number of aromatic nitrogens is 4. The lowest BCUT2D eigenvalue weighted by atomic mass is 10.1. The summed E-state index contributed by atoms with van der Waals surface area (Å²) in [6.45, 7) is 5.71. The molecule has 0 aliphatic carbocycles. The van der Waals surface area contributed by atoms with E-state index in [0.29, 0.717) is 28.1 Å². The third-order valence-corrected chi connectivity index (χ3v) is 5.39. The van der Waals surface area contributed by atoms with Crippen LogP contribution in [0.5, 0.6) is 0 Å². The highest BCUT2D eigenvalue weighted by molar-refractivity contribution is 6.01. The molecule has 2 N–H and O–H groups in total. The first kappa shape index (κ1) is 21.0. The van der Waals surface area contributed by atoms with Gasteiger partial charge in [-0.2, -0.15) is 5.10 Å². The summed E-state index contributed by atoms with van der Waals surface area (Å²) in [5.41, 5.74) is 8.94. The molecule has 0 spiro atoms. The Morgan fingerprint density at radius 1 is 1.16 bits per heavy atom. The van der Waals surface area contributed by atoms with Gasteiger partial charge in [0.2, 0.25) is 5.91 Å². The lowest BCUT2D eigenvalue weighted by Crippen LogP contribution is -2.15. The summed E-state index contributed by atoms with van der Waals surface area (Å²) in [5.74, 6) is -0.155. The van der Waals surface area contributed by atoms with Crippen molar-refractivity contribution in [3.05, 3.63) is 47.8 Å². The Labute approximate surface area is 180 Å². The molecule has 4 rings (SSSR count). The predicted molar refractivity (Wildman–Crippen MR) is 120 cm³/mol. The predicted octanol–water partition coefficient (Wildman–Crippen LogP) is 3.82. The Hall–Kier alpha value is -3.26. The van der Waals surface area contributed by atoms with Crippen molar-refractivity contribution in [3.8, 4) is 11.5 Å². The fourth-order valence-corrected chi connectivity index (χ4v) is 3.96. The summed E-state index contributed by atoms with van der Waals surface area (Å²) in [4.78, 5) is 18.7. The molecule has 0 unspecified atom stereocenters. The molecule has 0 bridgehead atoms. The Morgan fingerprint density at radius 2 is 1.94 bits per heavy atom. The second kappa shape index (κ2) is 8.11. The van der Waals surface area contributed by atoms with Crippen LogP contribution in [0, 0.1) is 5.82 Å². The van der Waals surface area contributed by atoms with Gasteiger partial charge in [0.15, 0.2) is 5.82 Å². The van der Waals surface area contributed by atoms with Crippen LogP contribution in [0.2, 0.25) is 0 Å². The summed E-state index contributed by atoms with van der Waals surface area (Å²) in [7, 11) is 4.08. The second-order valence-electron chi connectivity index (χ2n) is 8.36. The SMILES string of the molecule is CC(C)n1c(-c2nn(CCCN(C)C)c3ccc(C(N)=O)cc23)nc2ccc(F)cc21. The third kappa shape index (κ3) is 3.90. The van der Waals surface area contributed by atoms with Gasteiger partial charge < -0.3 is 15.2 Å². The maximum Gasteiger partial charge on any atom is 0.248 e. The minimum absolute atomic E-state index is 0.0371. The molecule has 0 atom stereocenters. The molecule has 0 aliphatic rings. The zero-order valence-corrected chi connectivity index (χ0v) is 18.3. The van der Waals surface area contributed by atoms with Gasteiger partial charge in [0, 0.05) is 23.5 Å². The number of rotatable bonds is 7. The molecule has 2 heterocycles. The standard InChI is InChI=1S/C23H27FN6O/c1-14(2)30-20-13-16(24)7-8-18(20)26-23(30)21-17-12-15(22(25)31)6-9-19(17)29(27-21)11-5-10-28(3)4/h6-9,12-14H,5,10-11H2,1-4H3,(H2,25,31). The molecular weight excluding hydrogens is 395 g/mol. The maximum absolute atomic E-state index is 14.0. The first-order valence-corrected chi connectivity index (χ1v) is 10.4. The Kier molecular flexibility index (Phi) is 5.49. The van der Waals surface area contributed by atoms with Gasteiger partial charge >= 0.3 is 0 Å². The monoisotopic (exact) mass is 422 g/mol. The van der Waals surface area contributed by atoms with Gasteiger partial charge in [0.25, 0.3) is 0 Å². The van der Waals surface area contributed by atoms with E-state index in [-0.39, 0.29) is 11.9 Å². The molecule has 162 valence electrons. The molecule has 7 nitrogen and oxygen atoms in total. The van der Waals surface area contributed by atoms with Crippen LogP contribution >= 0.6 is 0 Å². The molecule has 0 radical (unpaired) electrons. The number of carbonyl (C=O) groups is 1. The topological polar surface area (TPSA) is 82.0 Å². The number of primary amides is 1. The van der Waals surface area contributed by atoms with Gasteiger partial charge in [0.05, 0.1) is 16.6 Å². The Morgan fingerprint density at radius 3 is 2.61 bits per heavy atom. The van der Waals surface area contributed by atoms with Crippen molar-refractivity contribution in [3.63, 3.8) is 0 Å². The number of amides is 1. The van der Waals surface area contributed by atoms with Crippen molar-refractivity contribution in [2.45, 2.75) is 32.9 Å². The fraction of sp³-hybridized carbons (Fsp3) is 0.348. The van der Waals surface area contributed by atoms with E-state index in [1.165, 1.54) is 12.1 Å². The first-order chi connectivity index (χ1) is 14.8. The van der Waals surface area contributed by atoms with E-state index in [1.807, 2.05) is 43.3 Å². The van der Waals surface area contributed by atoms with E-state index < -0.39 is 5.91 Å². The maximum atomic E-state index is 14.0. The van der Waals surface area contributed by atoms with Crippen molar-refractivity contribution in [2.75, 3.05) is 20.6 Å². The minimum Gasteiger partial charge on any atom is -0.366 e. The summed E-state index contributed by atoms with van der Waals surface area (Å²) in [5, 5.41) is 5.69. The van der Waals surface area contributed by atoms with Crippen molar-refractivity contribution in [2.24, 2.45) is 5.73 Å². The molecule has 0 fully saturated rings. The van der Waals surface area contributed by atoms with Crippen LogP contribution in [0.1, 0.15) is 36.7 Å². The van der Waals surface area contributed by atoms with Crippen LogP contribution in [0.15, 0.2) is 36.4 Å². The largest absolute Gasteiger partial charge is 0.366 e. The Balaban J connectivity index is 1.95. The summed E-state index contributed by atoms with van der Waals surface area (Å²) in [6, 6.07) is 9.99. The number of halogens is 1. The van der Waals surface area contributed by atoms with Gasteiger partial charge in [-0.3, -0.25) is 9.48 Å². The molecule has 0 saturated heterocycles. The van der Waals surface area contributed by atoms with Crippen molar-refractivity contribution < 1.29 is 9.18 Å². The van der Waals surface area contributed by atoms with E-state index in [0.717, 1.165) is 30.4 Å². The molecule has 2 aromatic carbocycles. The average Bonchev–Trinajstić information content (AvgIpc) is 3.25. The number of fused-ring (bicyclic) bond motifs is 2. The average molecular weight is 423 g/mol. The van der Waals surface area contributed by atoms with E-state index in [2.05, 4.69) is 4.90 Å². The van der Waals surface area contributed by atoms with Crippen molar-refractivity contribution in [1.82, 2.24) is 24.2 Å². The van der Waals surface area contributed by atoms with E-state index in [1.54, 1.807) is 18.2 Å². The number of hydrogen-bond donors (Lipinski definition) is 1. The molecule has 0 saturated carbocycles. The van der Waals surface area contributed by atoms with E-state index >= 15 is 0 Å². The highest BCUT2D eigenvalue weighted by Crippen LogP contribution is 2.33. The summed E-state index contributed by atoms with van der Waals surface area (Å²) >= 11 is 0. The summed E-state index contributed by atoms with van der Waals surface area (Å²) in [6.07, 6.45) is 0.923. The number of benzene rings is 2. The third-order valence-electron chi connectivity index (χ3n) is 5.39. The van der Waals surface area contributed by atoms with E-state index in [9.17, 15) is 9.18 Å². The van der Waals surface area contributed by atoms with Crippen LogP contribution in [-0.4, -0.2) is 50.8 Å². The summed E-state index contributed by atoms with van der Waals surface area (Å²) < 4.78 is 17.9. The van der Waals surface area contributed by atoms with Crippen LogP contribution < -0.4 is 5.73 Å². The lowest BCUT2D eigenvalue weighted by Gasteiger charge is -2.12. The van der Waals surface area contributed by atoms with Crippen LogP contribution in [-0.2, 0) is 6.54 Å².